The van der Waals surface area contributed by atoms with Crippen molar-refractivity contribution in [3.05, 3.63) is 54.2 Å². The van der Waals surface area contributed by atoms with Crippen LogP contribution in [0, 0.1) is 11.8 Å². The fourth-order valence-electron chi connectivity index (χ4n) is 7.79. The zero-order valence-corrected chi connectivity index (χ0v) is 44.4. The van der Waals surface area contributed by atoms with Gasteiger partial charge in [0, 0.05) is 48.3 Å². The normalized spacial score (nSPS) is 14.5. The van der Waals surface area contributed by atoms with Crippen molar-refractivity contribution >= 4 is 81.7 Å². The number of nitrogens with one attached hydrogen (secondary N) is 10. The molecule has 0 fully saturated rings. The number of carbonyl (C=O) groups excluding carboxylic acids is 10. The van der Waals surface area contributed by atoms with Crippen LogP contribution in [-0.4, -0.2) is 147 Å². The number of aromatic amines is 2. The molecule has 0 saturated carbocycles. The van der Waals surface area contributed by atoms with Gasteiger partial charge in [-0.2, -0.15) is 11.8 Å². The minimum Gasteiger partial charge on any atom is -0.370 e. The van der Waals surface area contributed by atoms with Crippen LogP contribution >= 0.6 is 11.8 Å². The number of carbonyl (C=O) groups is 10. The Hall–Kier alpha value is -7.06. The van der Waals surface area contributed by atoms with Crippen molar-refractivity contribution < 1.29 is 47.9 Å². The van der Waals surface area contributed by atoms with E-state index in [2.05, 4.69) is 57.5 Å². The highest BCUT2D eigenvalue weighted by atomic mass is 32.2. The maximum Gasteiger partial charge on any atom is 0.243 e. The molecule has 26 heteroatoms. The Bertz CT molecular complexity index is 2400. The summed E-state index contributed by atoms with van der Waals surface area (Å²) in [4.78, 5) is 143. The maximum atomic E-state index is 14.1. The average Bonchev–Trinajstić information content (AvgIpc) is 4.03. The lowest BCUT2D eigenvalue weighted by Gasteiger charge is -2.27. The van der Waals surface area contributed by atoms with Crippen molar-refractivity contribution in [2.24, 2.45) is 34.8 Å². The number of para-hydroxylation sites is 1. The molecule has 2 aromatic heterocycles. The van der Waals surface area contributed by atoms with Crippen LogP contribution in [0.1, 0.15) is 90.8 Å². The SMILES string of the molecule is CSCC[C@@H](NC(=O)[C@H](CC(C)C)NC(=O)[C@H](Cc1cnc[nH]1)NC(=O)CNC(=O)[C@@H](NC(=O)[C@H](C)NC(=O)[C@H](Cc1c[nH]c2ccccc12)NC(=O)[C@H](CCC(N)=O)NC(=O)[C@@H](N)CCCCN)C(C)C)C(N)=O. The Balaban J connectivity index is 1.75. The molecule has 10 amide bonds. The Labute approximate surface area is 440 Å². The van der Waals surface area contributed by atoms with Gasteiger partial charge in [0.2, 0.25) is 59.1 Å². The summed E-state index contributed by atoms with van der Waals surface area (Å²) in [5, 5.41) is 21.6. The average molecular weight is 1070 g/mol. The third-order valence-corrected chi connectivity index (χ3v) is 12.7. The second-order valence-corrected chi connectivity index (χ2v) is 20.1. The Morgan fingerprint density at radius 2 is 1.29 bits per heavy atom. The molecule has 0 saturated heterocycles. The monoisotopic (exact) mass is 1070 g/mol. The second kappa shape index (κ2) is 31.6. The van der Waals surface area contributed by atoms with Crippen molar-refractivity contribution in [3.63, 3.8) is 0 Å². The summed E-state index contributed by atoms with van der Waals surface area (Å²) in [5.41, 5.74) is 24.4. The highest BCUT2D eigenvalue weighted by molar-refractivity contribution is 7.98. The van der Waals surface area contributed by atoms with E-state index in [-0.39, 0.29) is 50.9 Å². The quantitative estimate of drug-likeness (QED) is 0.0284. The van der Waals surface area contributed by atoms with Gasteiger partial charge < -0.3 is 75.4 Å². The molecule has 18 N–H and O–H groups in total. The number of fused-ring (bicyclic) bond motifs is 1. The minimum absolute atomic E-state index is 0.0756. The zero-order valence-electron chi connectivity index (χ0n) is 43.5. The number of hydrogen-bond acceptors (Lipinski definition) is 14. The van der Waals surface area contributed by atoms with Gasteiger partial charge >= 0.3 is 0 Å². The molecule has 0 aliphatic carbocycles. The number of amides is 10. The first-order valence-electron chi connectivity index (χ1n) is 25.0. The van der Waals surface area contributed by atoms with Crippen molar-refractivity contribution in [2.45, 2.75) is 141 Å². The van der Waals surface area contributed by atoms with E-state index in [0.717, 1.165) is 10.9 Å². The molecule has 2 heterocycles. The van der Waals surface area contributed by atoms with Crippen LogP contribution in [0.2, 0.25) is 0 Å². The number of rotatable bonds is 34. The zero-order chi connectivity index (χ0) is 55.8. The van der Waals surface area contributed by atoms with Gasteiger partial charge in [-0.15, -0.1) is 0 Å². The lowest BCUT2D eigenvalue weighted by Crippen LogP contribution is -2.59. The van der Waals surface area contributed by atoms with Crippen LogP contribution in [0.25, 0.3) is 10.9 Å². The molecule has 0 aliphatic rings. The highest BCUT2D eigenvalue weighted by Crippen LogP contribution is 2.20. The summed E-state index contributed by atoms with van der Waals surface area (Å²) in [5.74, 6) is -7.54. The summed E-state index contributed by atoms with van der Waals surface area (Å²) in [6.45, 7) is 8.10. The van der Waals surface area contributed by atoms with E-state index in [9.17, 15) is 47.9 Å². The van der Waals surface area contributed by atoms with Gasteiger partial charge in [0.25, 0.3) is 0 Å². The van der Waals surface area contributed by atoms with Crippen molar-refractivity contribution in [1.82, 2.24) is 57.5 Å². The first-order chi connectivity index (χ1) is 35.5. The summed E-state index contributed by atoms with van der Waals surface area (Å²) in [6.07, 6.45) is 7.62. The molecule has 0 spiro atoms. The summed E-state index contributed by atoms with van der Waals surface area (Å²) < 4.78 is 0. The van der Waals surface area contributed by atoms with Gasteiger partial charge in [0.05, 0.1) is 18.9 Å². The first-order valence-corrected chi connectivity index (χ1v) is 26.4. The number of thioether (sulfide) groups is 1. The smallest absolute Gasteiger partial charge is 0.243 e. The van der Waals surface area contributed by atoms with Crippen LogP contribution < -0.4 is 65.5 Å². The highest BCUT2D eigenvalue weighted by Gasteiger charge is 2.34. The Morgan fingerprint density at radius 3 is 1.92 bits per heavy atom. The fraction of sp³-hybridized carbons (Fsp3) is 0.571. The number of imidazole rings is 1. The van der Waals surface area contributed by atoms with E-state index >= 15 is 0 Å². The number of nitrogens with two attached hydrogens (primary N) is 4. The van der Waals surface area contributed by atoms with E-state index in [1.807, 2.05) is 38.3 Å². The van der Waals surface area contributed by atoms with Crippen LogP contribution in [0.5, 0.6) is 0 Å². The summed E-state index contributed by atoms with van der Waals surface area (Å²) >= 11 is 1.47. The second-order valence-electron chi connectivity index (χ2n) is 19.1. The van der Waals surface area contributed by atoms with Crippen LogP contribution in [0.3, 0.4) is 0 Å². The van der Waals surface area contributed by atoms with Crippen LogP contribution in [0.15, 0.2) is 43.0 Å². The van der Waals surface area contributed by atoms with Crippen molar-refractivity contribution in [2.75, 3.05) is 25.1 Å². The van der Waals surface area contributed by atoms with Gasteiger partial charge in [0.15, 0.2) is 0 Å². The molecule has 0 radical (unpaired) electrons. The lowest BCUT2D eigenvalue weighted by atomic mass is 10.0. The summed E-state index contributed by atoms with van der Waals surface area (Å²) in [6, 6.07) is -2.28. The van der Waals surface area contributed by atoms with E-state index in [4.69, 9.17) is 22.9 Å². The molecule has 0 aliphatic heterocycles. The molecule has 0 unspecified atom stereocenters. The minimum atomic E-state index is -1.35. The molecule has 0 bridgehead atoms. The molecular formula is C49H77N15O10S. The molecule has 3 rings (SSSR count). The van der Waals surface area contributed by atoms with E-state index in [0.29, 0.717) is 36.4 Å². The predicted octanol–water partition coefficient (Wildman–Crippen LogP) is -2.13. The standard InChI is InChI=1S/C49H77N15O10S/c1-26(2)19-36(47(72)60-34(42(53)67)16-18-75-6)62-48(73)38(21-30-23-54-25-57-30)59-40(66)24-56-49(74)41(27(3)4)64-43(68)28(5)58-46(71)37(20-29-22-55-33-13-8-7-11-31(29)33)63-45(70)35(14-15-39(52)65)61-44(69)32(51)12-9-10-17-50/h7-8,11,13,22-23,25-28,32,34-38,41,55H,9-10,12,14-21,24,50-51H2,1-6H3,(H2,52,65)(H2,53,67)(H,54,57)(H,56,74)(H,58,71)(H,59,66)(H,60,72)(H,61,69)(H,62,73)(H,63,70)(H,64,68)/t28-,32-,34+,35-,36-,37-,38-,41-/m0/s1. The molecular weight excluding hydrogens is 991 g/mol. The largest absolute Gasteiger partial charge is 0.370 e. The molecule has 25 nitrogen and oxygen atoms in total. The number of nitrogens with zero attached hydrogens (tertiary/aromatic N) is 1. The third kappa shape index (κ3) is 21.4. The number of primary amides is 2. The number of benzene rings is 1. The molecule has 1 aromatic carbocycles. The molecule has 414 valence electrons. The van der Waals surface area contributed by atoms with Gasteiger partial charge in [-0.1, -0.05) is 52.3 Å². The fourth-order valence-corrected chi connectivity index (χ4v) is 8.26. The van der Waals surface area contributed by atoms with Crippen LogP contribution in [0.4, 0.5) is 0 Å². The Morgan fingerprint density at radius 1 is 0.667 bits per heavy atom. The third-order valence-electron chi connectivity index (χ3n) is 12.0. The van der Waals surface area contributed by atoms with Gasteiger partial charge in [-0.3, -0.25) is 47.9 Å². The lowest BCUT2D eigenvalue weighted by molar-refractivity contribution is -0.135. The molecule has 3 aromatic rings. The van der Waals surface area contributed by atoms with Gasteiger partial charge in [-0.25, -0.2) is 4.98 Å². The molecule has 8 atom stereocenters. The topological polar surface area (TPSA) is 415 Å². The predicted molar refractivity (Wildman–Crippen MR) is 282 cm³/mol. The number of unbranched alkanes of at least 4 members (excludes halogenated alkanes) is 1. The van der Waals surface area contributed by atoms with E-state index < -0.39 is 120 Å². The molecule has 75 heavy (non-hydrogen) atoms. The number of hydrogen-bond donors (Lipinski definition) is 14. The summed E-state index contributed by atoms with van der Waals surface area (Å²) in [7, 11) is 0. The van der Waals surface area contributed by atoms with Crippen molar-refractivity contribution in [3.8, 4) is 0 Å². The van der Waals surface area contributed by atoms with Crippen molar-refractivity contribution in [1.29, 1.82) is 0 Å². The Kier molecular flexibility index (Phi) is 26.2. The first kappa shape index (κ1) is 62.2. The number of aromatic nitrogens is 3. The van der Waals surface area contributed by atoms with Gasteiger partial charge in [0.1, 0.15) is 42.3 Å². The van der Waals surface area contributed by atoms with E-state index in [1.165, 1.54) is 31.2 Å². The van der Waals surface area contributed by atoms with Crippen LogP contribution in [-0.2, 0) is 60.8 Å². The maximum absolute atomic E-state index is 14.1. The van der Waals surface area contributed by atoms with E-state index in [1.54, 1.807) is 26.1 Å². The van der Waals surface area contributed by atoms with Gasteiger partial charge in [-0.05, 0) is 81.0 Å². The number of H-pyrrole nitrogens is 2.